The van der Waals surface area contributed by atoms with E-state index >= 15 is 0 Å². The predicted molar refractivity (Wildman–Crippen MR) is 123 cm³/mol. The number of carbonyl (C=O) groups excluding carboxylic acids is 2. The Morgan fingerprint density at radius 1 is 0.676 bits per heavy atom. The number of carbonyl (C=O) groups is 2. The van der Waals surface area contributed by atoms with Crippen LogP contribution in [0.4, 0.5) is 0 Å². The fourth-order valence-corrected chi connectivity index (χ4v) is 5.23. The highest BCUT2D eigenvalue weighted by Gasteiger charge is 2.33. The molecule has 0 aromatic heterocycles. The van der Waals surface area contributed by atoms with Crippen LogP contribution >= 0.6 is 0 Å². The Kier molecular flexibility index (Phi) is 6.53. The summed E-state index contributed by atoms with van der Waals surface area (Å²) >= 11 is 0. The Morgan fingerprint density at radius 3 is 1.79 bits per heavy atom. The number of benzene rings is 2. The first kappa shape index (κ1) is 24.6. The maximum atomic E-state index is 11.6. The van der Waals surface area contributed by atoms with Crippen molar-refractivity contribution in [1.82, 2.24) is 0 Å². The normalized spacial score (nSPS) is 14.7. The van der Waals surface area contributed by atoms with Crippen molar-refractivity contribution >= 4 is 53.6 Å². The largest absolute Gasteiger partial charge is 0.369 e. The van der Waals surface area contributed by atoms with E-state index in [1.54, 1.807) is 30.3 Å². The van der Waals surface area contributed by atoms with Crippen LogP contribution in [0.2, 0.25) is 0 Å². The molecule has 0 N–H and O–H groups in total. The van der Waals surface area contributed by atoms with Gasteiger partial charge in [-0.05, 0) is 30.4 Å². The first-order valence-corrected chi connectivity index (χ1v) is 13.2. The van der Waals surface area contributed by atoms with Gasteiger partial charge in [-0.15, -0.1) is 0 Å². The third-order valence-corrected chi connectivity index (χ3v) is 7.19. The van der Waals surface area contributed by atoms with Gasteiger partial charge in [0.15, 0.2) is 19.7 Å². The number of sulfone groups is 2. The number of allylic oxidation sites excluding steroid dienone is 2. The Labute approximate surface area is 194 Å². The van der Waals surface area contributed by atoms with Gasteiger partial charge >= 0.3 is 11.4 Å². The maximum absolute atomic E-state index is 11.6. The molecule has 0 aliphatic heterocycles. The summed E-state index contributed by atoms with van der Waals surface area (Å²) in [5, 5.41) is 0. The summed E-state index contributed by atoms with van der Waals surface area (Å²) in [6, 6.07) is 10.9. The zero-order valence-electron chi connectivity index (χ0n) is 17.8. The molecule has 10 nitrogen and oxygen atoms in total. The van der Waals surface area contributed by atoms with Gasteiger partial charge in [-0.3, -0.25) is 9.59 Å². The van der Waals surface area contributed by atoms with Gasteiger partial charge in [0.05, 0.1) is 20.9 Å². The number of fused-ring (bicyclic) bond motifs is 2. The molecule has 0 saturated carbocycles. The van der Waals surface area contributed by atoms with Gasteiger partial charge in [0.2, 0.25) is 0 Å². The lowest BCUT2D eigenvalue weighted by Crippen LogP contribution is -2.22. The van der Waals surface area contributed by atoms with Crippen molar-refractivity contribution in [3.05, 3.63) is 87.9 Å². The van der Waals surface area contributed by atoms with Crippen LogP contribution in [0.1, 0.15) is 22.3 Å². The van der Waals surface area contributed by atoms with Gasteiger partial charge in [0, 0.05) is 29.7 Å². The van der Waals surface area contributed by atoms with Gasteiger partial charge < -0.3 is 11.1 Å². The monoisotopic (exact) mass is 496 g/mol. The molecule has 0 bridgehead atoms. The van der Waals surface area contributed by atoms with Crippen LogP contribution in [-0.2, 0) is 29.3 Å². The molecule has 12 heteroatoms. The molecule has 0 fully saturated rings. The van der Waals surface area contributed by atoms with Crippen molar-refractivity contribution < 1.29 is 36.0 Å². The van der Waals surface area contributed by atoms with Crippen LogP contribution in [0.15, 0.2) is 59.5 Å². The van der Waals surface area contributed by atoms with E-state index in [2.05, 4.69) is 9.58 Å². The number of rotatable bonds is 2. The van der Waals surface area contributed by atoms with Crippen molar-refractivity contribution in [2.45, 2.75) is 4.90 Å². The molecule has 4 rings (SSSR count). The predicted octanol–water partition coefficient (Wildman–Crippen LogP) is 1.38. The third-order valence-electron chi connectivity index (χ3n) is 4.90. The number of hydrogen-bond donors (Lipinski definition) is 0. The molecule has 0 radical (unpaired) electrons. The van der Waals surface area contributed by atoms with Crippen LogP contribution in [0.3, 0.4) is 0 Å². The van der Waals surface area contributed by atoms with Crippen LogP contribution in [0, 0.1) is 0 Å². The fourth-order valence-electron chi connectivity index (χ4n) is 3.43. The van der Waals surface area contributed by atoms with Gasteiger partial charge in [0.1, 0.15) is 0 Å². The van der Waals surface area contributed by atoms with Crippen molar-refractivity contribution in [3.63, 3.8) is 0 Å². The average Bonchev–Trinajstić information content (AvgIpc) is 2.77. The lowest BCUT2D eigenvalue weighted by molar-refractivity contribution is -0.113. The Hall–Kier alpha value is -4.08. The molecule has 0 atom stereocenters. The van der Waals surface area contributed by atoms with E-state index in [9.17, 15) is 26.4 Å². The van der Waals surface area contributed by atoms with Crippen molar-refractivity contribution in [1.29, 1.82) is 0 Å². The highest BCUT2D eigenvalue weighted by molar-refractivity contribution is 8.00. The maximum Gasteiger partial charge on any atom is 0.369 e. The Bertz CT molecular complexity index is 1640. The van der Waals surface area contributed by atoms with Crippen LogP contribution < -0.4 is 0 Å². The summed E-state index contributed by atoms with van der Waals surface area (Å²) in [5.41, 5.74) is 18.7. The number of ketones is 2. The summed E-state index contributed by atoms with van der Waals surface area (Å²) in [6.07, 6.45) is 5.70. The van der Waals surface area contributed by atoms with E-state index in [0.717, 1.165) is 18.6 Å². The SMILES string of the molecule is CS(=O)(=O)C1=CC(=O)C(=[N+]=[N-])c2ccccc21.CS(=O)(=O)c1cccc2c1C=CC(=O)C2=[N+]=[N-]. The molecule has 172 valence electrons. The molecule has 0 saturated heterocycles. The lowest BCUT2D eigenvalue weighted by atomic mass is 9.95. The highest BCUT2D eigenvalue weighted by Crippen LogP contribution is 2.28. The second-order valence-corrected chi connectivity index (χ2v) is 11.2. The van der Waals surface area contributed by atoms with E-state index in [0.29, 0.717) is 22.3 Å². The van der Waals surface area contributed by atoms with Crippen LogP contribution in [-0.4, -0.2) is 61.9 Å². The van der Waals surface area contributed by atoms with Crippen molar-refractivity contribution in [2.24, 2.45) is 0 Å². The quantitative estimate of drug-likeness (QED) is 0.448. The number of hydrogen-bond acceptors (Lipinski definition) is 6. The summed E-state index contributed by atoms with van der Waals surface area (Å²) in [4.78, 5) is 28.9. The summed E-state index contributed by atoms with van der Waals surface area (Å²) in [6.45, 7) is 0. The van der Waals surface area contributed by atoms with Crippen molar-refractivity contribution in [2.75, 3.05) is 12.5 Å². The van der Waals surface area contributed by atoms with Crippen LogP contribution in [0.5, 0.6) is 0 Å². The summed E-state index contributed by atoms with van der Waals surface area (Å²) < 4.78 is 46.3. The fraction of sp³-hybridized carbons (Fsp3) is 0.0909. The zero-order valence-corrected chi connectivity index (χ0v) is 19.5. The summed E-state index contributed by atoms with van der Waals surface area (Å²) in [7, 11) is -6.89. The second-order valence-electron chi connectivity index (χ2n) is 7.27. The second kappa shape index (κ2) is 9.05. The van der Waals surface area contributed by atoms with Gasteiger partial charge in [0.25, 0.3) is 11.6 Å². The summed E-state index contributed by atoms with van der Waals surface area (Å²) in [5.74, 6) is -1.07. The minimum absolute atomic E-state index is 0.0505. The van der Waals surface area contributed by atoms with E-state index in [1.807, 2.05) is 0 Å². The van der Waals surface area contributed by atoms with E-state index in [4.69, 9.17) is 11.1 Å². The highest BCUT2D eigenvalue weighted by atomic mass is 32.2. The zero-order chi connectivity index (χ0) is 25.3. The van der Waals surface area contributed by atoms with Gasteiger partial charge in [-0.1, -0.05) is 24.3 Å². The first-order valence-electron chi connectivity index (χ1n) is 9.46. The Morgan fingerprint density at radius 2 is 1.24 bits per heavy atom. The standard InChI is InChI=1S/2C11H8N2O3S/c1-17(15,16)10-4-2-3-8-7(10)5-6-9(14)11(8)13-12;1-17(15,16)10-6-9(14)11(13-12)8-5-3-2-4-7(8)10/h2*2-6H,1H3. The van der Waals surface area contributed by atoms with E-state index in [1.165, 1.54) is 24.3 Å². The molecule has 34 heavy (non-hydrogen) atoms. The molecular weight excluding hydrogens is 480 g/mol. The number of nitrogens with zero attached hydrogens (tertiary/aromatic N) is 4. The molecule has 0 heterocycles. The first-order chi connectivity index (χ1) is 15.9. The van der Waals surface area contributed by atoms with Crippen molar-refractivity contribution in [3.8, 4) is 0 Å². The molecule has 2 aromatic carbocycles. The van der Waals surface area contributed by atoms with E-state index < -0.39 is 31.2 Å². The van der Waals surface area contributed by atoms with Gasteiger partial charge in [-0.2, -0.15) is 9.58 Å². The Balaban J connectivity index is 0.000000191. The minimum Gasteiger partial charge on any atom is -0.361 e. The average molecular weight is 497 g/mol. The smallest absolute Gasteiger partial charge is 0.361 e. The molecule has 2 aromatic rings. The lowest BCUT2D eigenvalue weighted by Gasteiger charge is -2.12. The molecule has 0 amide bonds. The molecule has 2 aliphatic carbocycles. The molecule has 0 unspecified atom stereocenters. The molecule has 2 aliphatic rings. The topological polar surface area (TPSA) is 175 Å². The third kappa shape index (κ3) is 4.66. The van der Waals surface area contributed by atoms with Gasteiger partial charge in [-0.25, -0.2) is 16.8 Å². The molecular formula is C22H16N4O6S2. The minimum atomic E-state index is -3.50. The van der Waals surface area contributed by atoms with Crippen LogP contribution in [0.25, 0.3) is 22.0 Å². The molecule has 0 spiro atoms. The van der Waals surface area contributed by atoms with E-state index in [-0.39, 0.29) is 21.2 Å².